The molecule has 2 N–H and O–H groups in total. The molecule has 0 saturated heterocycles. The zero-order chi connectivity index (χ0) is 20.1. The van der Waals surface area contributed by atoms with Crippen LogP contribution in [-0.2, 0) is 14.3 Å². The number of carbonyl (C=O) groups excluding carboxylic acids is 1. The fourth-order valence-electron chi connectivity index (χ4n) is 3.53. The molecular weight excluding hydrogens is 332 g/mol. The van der Waals surface area contributed by atoms with Gasteiger partial charge in [0.1, 0.15) is 5.60 Å². The second-order valence-electron chi connectivity index (χ2n) is 7.69. The maximum atomic E-state index is 12.6. The van der Waals surface area contributed by atoms with Crippen molar-refractivity contribution in [3.8, 4) is 0 Å². The summed E-state index contributed by atoms with van der Waals surface area (Å²) in [6, 6.07) is 0. The summed E-state index contributed by atoms with van der Waals surface area (Å²) in [5.41, 5.74) is -2.00. The molecule has 0 saturated carbocycles. The van der Waals surface area contributed by atoms with Crippen molar-refractivity contribution in [1.82, 2.24) is 0 Å². The Bertz CT molecular complexity index is 399. The van der Waals surface area contributed by atoms with E-state index in [-0.39, 0.29) is 12.8 Å². The van der Waals surface area contributed by atoms with Crippen LogP contribution in [-0.4, -0.2) is 33.4 Å². The van der Waals surface area contributed by atoms with Crippen LogP contribution in [0, 0.1) is 0 Å². The topological polar surface area (TPSA) is 83.8 Å². The molecule has 5 nitrogen and oxygen atoms in total. The molecule has 0 aromatic carbocycles. The van der Waals surface area contributed by atoms with E-state index in [2.05, 4.69) is 13.8 Å². The first-order chi connectivity index (χ1) is 12.3. The van der Waals surface area contributed by atoms with Crippen LogP contribution in [0.5, 0.6) is 0 Å². The molecule has 0 rings (SSSR count). The van der Waals surface area contributed by atoms with Crippen molar-refractivity contribution in [2.24, 2.45) is 0 Å². The van der Waals surface area contributed by atoms with Gasteiger partial charge >= 0.3 is 11.9 Å². The van der Waals surface area contributed by atoms with Crippen molar-refractivity contribution in [2.75, 3.05) is 0 Å². The molecule has 0 aliphatic carbocycles. The van der Waals surface area contributed by atoms with Crippen LogP contribution in [0.25, 0.3) is 0 Å². The summed E-state index contributed by atoms with van der Waals surface area (Å²) in [4.78, 5) is 24.0. The Morgan fingerprint density at radius 3 is 1.69 bits per heavy atom. The summed E-state index contributed by atoms with van der Waals surface area (Å²) < 4.78 is 5.77. The van der Waals surface area contributed by atoms with Crippen LogP contribution < -0.4 is 0 Å². The van der Waals surface area contributed by atoms with Crippen LogP contribution in [0.15, 0.2) is 0 Å². The smallest absolute Gasteiger partial charge is 0.309 e. The fraction of sp³-hybridized carbons (Fsp3) is 0.905. The van der Waals surface area contributed by atoms with E-state index in [1.165, 1.54) is 0 Å². The molecule has 1 unspecified atom stereocenters. The number of unbranched alkanes of at least 4 members (excludes halogenated alkanes) is 3. The van der Waals surface area contributed by atoms with Crippen molar-refractivity contribution in [2.45, 2.75) is 122 Å². The average molecular weight is 373 g/mol. The second kappa shape index (κ2) is 13.1. The minimum absolute atomic E-state index is 0.0514. The standard InChI is InChI=1S/C21H40O5/c1-5-9-13-20(25,14-10-6-2)17-19(24)26-21(12-8-4,15-11-7-3)16-18(22)23/h25H,5-17H2,1-4H3,(H,22,23). The molecule has 0 fully saturated rings. The van der Waals surface area contributed by atoms with Gasteiger partial charge in [-0.05, 0) is 32.1 Å². The van der Waals surface area contributed by atoms with Gasteiger partial charge in [0.15, 0.2) is 0 Å². The number of esters is 1. The van der Waals surface area contributed by atoms with E-state index in [0.717, 1.165) is 44.9 Å². The number of aliphatic carboxylic acids is 1. The lowest BCUT2D eigenvalue weighted by Gasteiger charge is -2.34. The minimum Gasteiger partial charge on any atom is -0.481 e. The van der Waals surface area contributed by atoms with E-state index >= 15 is 0 Å². The first kappa shape index (κ1) is 24.9. The van der Waals surface area contributed by atoms with Crippen molar-refractivity contribution in [3.05, 3.63) is 0 Å². The summed E-state index contributed by atoms with van der Waals surface area (Å²) in [5, 5.41) is 20.2. The molecule has 0 radical (unpaired) electrons. The number of carboxylic acids is 1. The fourth-order valence-corrected chi connectivity index (χ4v) is 3.53. The highest BCUT2D eigenvalue weighted by Gasteiger charge is 2.38. The molecule has 0 spiro atoms. The maximum absolute atomic E-state index is 12.6. The van der Waals surface area contributed by atoms with Crippen LogP contribution in [0.1, 0.15) is 111 Å². The lowest BCUT2D eigenvalue weighted by molar-refractivity contribution is -0.172. The van der Waals surface area contributed by atoms with E-state index in [0.29, 0.717) is 25.7 Å². The van der Waals surface area contributed by atoms with Gasteiger partial charge in [-0.3, -0.25) is 9.59 Å². The third kappa shape index (κ3) is 10.1. The summed E-state index contributed by atoms with van der Waals surface area (Å²) in [6.45, 7) is 8.12. The zero-order valence-corrected chi connectivity index (χ0v) is 17.3. The number of rotatable bonds is 16. The molecule has 0 aliphatic heterocycles. The van der Waals surface area contributed by atoms with Crippen molar-refractivity contribution in [1.29, 1.82) is 0 Å². The molecule has 26 heavy (non-hydrogen) atoms. The van der Waals surface area contributed by atoms with E-state index in [1.54, 1.807) is 0 Å². The van der Waals surface area contributed by atoms with Crippen LogP contribution in [0.3, 0.4) is 0 Å². The van der Waals surface area contributed by atoms with Gasteiger partial charge in [0.2, 0.25) is 0 Å². The largest absolute Gasteiger partial charge is 0.481 e. The Kier molecular flexibility index (Phi) is 12.6. The molecule has 0 amide bonds. The van der Waals surface area contributed by atoms with Crippen molar-refractivity contribution < 1.29 is 24.5 Å². The highest BCUT2D eigenvalue weighted by atomic mass is 16.6. The predicted molar refractivity (Wildman–Crippen MR) is 104 cm³/mol. The average Bonchev–Trinajstić information content (AvgIpc) is 2.56. The Morgan fingerprint density at radius 1 is 0.769 bits per heavy atom. The molecule has 0 aliphatic rings. The third-order valence-electron chi connectivity index (χ3n) is 4.96. The number of aliphatic hydroxyl groups is 1. The molecule has 0 heterocycles. The zero-order valence-electron chi connectivity index (χ0n) is 17.3. The van der Waals surface area contributed by atoms with E-state index in [1.807, 2.05) is 13.8 Å². The first-order valence-corrected chi connectivity index (χ1v) is 10.4. The summed E-state index contributed by atoms with van der Waals surface area (Å²) in [7, 11) is 0. The van der Waals surface area contributed by atoms with Crippen LogP contribution in [0.4, 0.5) is 0 Å². The number of ether oxygens (including phenoxy) is 1. The van der Waals surface area contributed by atoms with Crippen LogP contribution >= 0.6 is 0 Å². The Balaban J connectivity index is 5.19. The Hall–Kier alpha value is -1.10. The quantitative estimate of drug-likeness (QED) is 0.362. The molecular formula is C21H40O5. The summed E-state index contributed by atoms with van der Waals surface area (Å²) >= 11 is 0. The molecule has 0 bridgehead atoms. The van der Waals surface area contributed by atoms with Gasteiger partial charge in [-0.15, -0.1) is 0 Å². The van der Waals surface area contributed by atoms with E-state index in [9.17, 15) is 19.8 Å². The lowest BCUT2D eigenvalue weighted by Crippen LogP contribution is -2.40. The first-order valence-electron chi connectivity index (χ1n) is 10.4. The molecule has 5 heteroatoms. The van der Waals surface area contributed by atoms with E-state index in [4.69, 9.17) is 4.74 Å². The second-order valence-corrected chi connectivity index (χ2v) is 7.69. The monoisotopic (exact) mass is 372 g/mol. The lowest BCUT2D eigenvalue weighted by atomic mass is 9.86. The van der Waals surface area contributed by atoms with Crippen molar-refractivity contribution >= 4 is 11.9 Å². The highest BCUT2D eigenvalue weighted by Crippen LogP contribution is 2.32. The van der Waals surface area contributed by atoms with E-state index < -0.39 is 23.1 Å². The van der Waals surface area contributed by atoms with Gasteiger partial charge in [0, 0.05) is 0 Å². The highest BCUT2D eigenvalue weighted by molar-refractivity contribution is 5.73. The minimum atomic E-state index is -1.05. The third-order valence-corrected chi connectivity index (χ3v) is 4.96. The normalized spacial score (nSPS) is 14.0. The van der Waals surface area contributed by atoms with Gasteiger partial charge in [-0.2, -0.15) is 0 Å². The van der Waals surface area contributed by atoms with Gasteiger partial charge in [-0.1, -0.05) is 66.2 Å². The number of carboxylic acid groups (broad SMARTS) is 1. The van der Waals surface area contributed by atoms with Gasteiger partial charge in [0.05, 0.1) is 18.4 Å². The van der Waals surface area contributed by atoms with Gasteiger partial charge in [-0.25, -0.2) is 0 Å². The van der Waals surface area contributed by atoms with Gasteiger partial charge < -0.3 is 14.9 Å². The molecule has 0 aromatic rings. The summed E-state index contributed by atoms with van der Waals surface area (Å²) in [5.74, 6) is -1.42. The molecule has 1 atom stereocenters. The van der Waals surface area contributed by atoms with Crippen LogP contribution in [0.2, 0.25) is 0 Å². The maximum Gasteiger partial charge on any atom is 0.309 e. The number of hydrogen-bond donors (Lipinski definition) is 2. The Labute approximate surface area is 159 Å². The Morgan fingerprint density at radius 2 is 1.27 bits per heavy atom. The SMILES string of the molecule is CCCCC(O)(CCCC)CC(=O)OC(CCC)(CCCC)CC(=O)O. The summed E-state index contributed by atoms with van der Waals surface area (Å²) in [6.07, 6.45) is 8.13. The van der Waals surface area contributed by atoms with Gasteiger partial charge in [0.25, 0.3) is 0 Å². The molecule has 0 aromatic heterocycles. The molecule has 154 valence electrons. The number of carbonyl (C=O) groups is 2. The number of hydrogen-bond acceptors (Lipinski definition) is 4. The predicted octanol–water partition coefficient (Wildman–Crippen LogP) is 5.24. The van der Waals surface area contributed by atoms with Crippen molar-refractivity contribution in [3.63, 3.8) is 0 Å².